The lowest BCUT2D eigenvalue weighted by atomic mass is 9.97. The van der Waals surface area contributed by atoms with Crippen molar-refractivity contribution < 1.29 is 14.0 Å². The van der Waals surface area contributed by atoms with Crippen LogP contribution in [0, 0.1) is 5.82 Å². The number of nitrogens with zero attached hydrogens (tertiary/aromatic N) is 3. The maximum atomic E-state index is 14.1. The highest BCUT2D eigenvalue weighted by Crippen LogP contribution is 2.42. The summed E-state index contributed by atoms with van der Waals surface area (Å²) in [6.07, 6.45) is 1.98. The molecule has 0 saturated heterocycles. The molecule has 0 fully saturated rings. The lowest BCUT2D eigenvalue weighted by Gasteiger charge is -2.40. The molecular weight excluding hydrogens is 477 g/mol. The van der Waals surface area contributed by atoms with Gasteiger partial charge in [-0.15, -0.1) is 0 Å². The van der Waals surface area contributed by atoms with E-state index in [2.05, 4.69) is 4.57 Å². The number of hydrogen-bond acceptors (Lipinski definition) is 2. The second-order valence-corrected chi connectivity index (χ2v) is 9.48. The second-order valence-electron chi connectivity index (χ2n) is 9.05. The fourth-order valence-corrected chi connectivity index (χ4v) is 4.85. The summed E-state index contributed by atoms with van der Waals surface area (Å²) in [6.45, 7) is 3.53. The molecule has 1 aromatic heterocycles. The van der Waals surface area contributed by atoms with Crippen LogP contribution in [0.25, 0.3) is 5.69 Å². The van der Waals surface area contributed by atoms with Gasteiger partial charge in [0.2, 0.25) is 5.91 Å². The summed E-state index contributed by atoms with van der Waals surface area (Å²) in [5, 5.41) is 0.606. The monoisotopic (exact) mass is 501 g/mol. The van der Waals surface area contributed by atoms with E-state index in [-0.39, 0.29) is 24.1 Å². The number of benzene rings is 3. The summed E-state index contributed by atoms with van der Waals surface area (Å²) >= 11 is 6.16. The van der Waals surface area contributed by atoms with Crippen LogP contribution in [0.5, 0.6) is 0 Å². The molecular formula is C29H25ClFN3O2. The standard InChI is InChI=1S/C29H25ClFN3O2/c1-19(2)33(29(36)21-7-5-8-23(31)17-21)18-27(35)34-25-10-4-3-9-24(25)32-16-6-11-26(32)28(34)20-12-14-22(30)15-13-20/h3-17,19,28H,18H2,1-2H3. The minimum absolute atomic E-state index is 0.161. The average Bonchev–Trinajstić information content (AvgIpc) is 3.36. The zero-order valence-corrected chi connectivity index (χ0v) is 20.7. The molecule has 0 saturated carbocycles. The van der Waals surface area contributed by atoms with E-state index in [1.165, 1.54) is 23.1 Å². The van der Waals surface area contributed by atoms with Crippen molar-refractivity contribution in [3.63, 3.8) is 0 Å². The normalized spacial score (nSPS) is 14.4. The van der Waals surface area contributed by atoms with Gasteiger partial charge in [-0.3, -0.25) is 14.5 Å². The quantitative estimate of drug-likeness (QED) is 0.324. The molecule has 3 aromatic carbocycles. The van der Waals surface area contributed by atoms with Crippen LogP contribution in [0.3, 0.4) is 0 Å². The lowest BCUT2D eigenvalue weighted by Crippen LogP contribution is -2.48. The van der Waals surface area contributed by atoms with Gasteiger partial charge in [-0.05, 0) is 74.0 Å². The van der Waals surface area contributed by atoms with Gasteiger partial charge in [0.05, 0.1) is 17.1 Å². The zero-order chi connectivity index (χ0) is 25.4. The van der Waals surface area contributed by atoms with Gasteiger partial charge < -0.3 is 9.47 Å². The number of anilines is 1. The number of hydrogen-bond donors (Lipinski definition) is 0. The first kappa shape index (κ1) is 23.8. The number of rotatable bonds is 5. The van der Waals surface area contributed by atoms with Crippen molar-refractivity contribution in [3.05, 3.63) is 119 Å². The van der Waals surface area contributed by atoms with Gasteiger partial charge in [0.25, 0.3) is 5.91 Å². The Labute approximate surface area is 214 Å². The molecule has 182 valence electrons. The third-order valence-corrected chi connectivity index (χ3v) is 6.69. The van der Waals surface area contributed by atoms with Gasteiger partial charge in [-0.2, -0.15) is 0 Å². The Morgan fingerprint density at radius 1 is 0.944 bits per heavy atom. The Hall–Kier alpha value is -3.90. The lowest BCUT2D eigenvalue weighted by molar-refractivity contribution is -0.120. The minimum atomic E-state index is -0.496. The van der Waals surface area contributed by atoms with Gasteiger partial charge in [0.1, 0.15) is 18.4 Å². The number of para-hydroxylation sites is 2. The predicted molar refractivity (Wildman–Crippen MR) is 139 cm³/mol. The number of carbonyl (C=O) groups is 2. The van der Waals surface area contributed by atoms with Gasteiger partial charge >= 0.3 is 0 Å². The van der Waals surface area contributed by atoms with E-state index < -0.39 is 17.8 Å². The predicted octanol–water partition coefficient (Wildman–Crippen LogP) is 6.26. The van der Waals surface area contributed by atoms with Crippen molar-refractivity contribution in [1.82, 2.24) is 9.47 Å². The Kier molecular flexibility index (Phi) is 6.37. The van der Waals surface area contributed by atoms with Crippen LogP contribution in [-0.4, -0.2) is 33.9 Å². The van der Waals surface area contributed by atoms with Crippen molar-refractivity contribution in [3.8, 4) is 5.69 Å². The Bertz CT molecular complexity index is 1430. The van der Waals surface area contributed by atoms with Gasteiger partial charge in [0, 0.05) is 22.8 Å². The molecule has 5 nitrogen and oxygen atoms in total. The van der Waals surface area contributed by atoms with Gasteiger partial charge in [-0.25, -0.2) is 4.39 Å². The molecule has 2 heterocycles. The zero-order valence-electron chi connectivity index (χ0n) is 19.9. The summed E-state index contributed by atoms with van der Waals surface area (Å²) in [4.78, 5) is 30.6. The van der Waals surface area contributed by atoms with E-state index in [9.17, 15) is 14.0 Å². The van der Waals surface area contributed by atoms with E-state index >= 15 is 0 Å². The van der Waals surface area contributed by atoms with Crippen molar-refractivity contribution in [1.29, 1.82) is 0 Å². The fourth-order valence-electron chi connectivity index (χ4n) is 4.72. The van der Waals surface area contributed by atoms with Crippen molar-refractivity contribution in [2.45, 2.75) is 25.9 Å². The molecule has 1 aliphatic rings. The molecule has 0 aliphatic carbocycles. The van der Waals surface area contributed by atoms with E-state index in [0.717, 1.165) is 22.6 Å². The molecule has 1 unspecified atom stereocenters. The largest absolute Gasteiger partial charge is 0.327 e. The minimum Gasteiger partial charge on any atom is -0.327 e. The van der Waals surface area contributed by atoms with Crippen LogP contribution in [0.15, 0.2) is 91.1 Å². The van der Waals surface area contributed by atoms with Crippen molar-refractivity contribution in [2.75, 3.05) is 11.4 Å². The third-order valence-electron chi connectivity index (χ3n) is 6.44. The van der Waals surface area contributed by atoms with E-state index in [1.54, 1.807) is 23.1 Å². The van der Waals surface area contributed by atoms with E-state index in [4.69, 9.17) is 11.6 Å². The molecule has 0 spiro atoms. The van der Waals surface area contributed by atoms with E-state index in [0.29, 0.717) is 5.02 Å². The third kappa shape index (κ3) is 4.29. The molecule has 5 rings (SSSR count). The van der Waals surface area contributed by atoms with Crippen LogP contribution < -0.4 is 4.90 Å². The first-order chi connectivity index (χ1) is 17.3. The molecule has 7 heteroatoms. The van der Waals surface area contributed by atoms with Crippen molar-refractivity contribution >= 4 is 29.1 Å². The first-order valence-corrected chi connectivity index (χ1v) is 12.1. The summed E-state index contributed by atoms with van der Waals surface area (Å²) in [5.41, 5.74) is 3.65. The number of aromatic nitrogens is 1. The Morgan fingerprint density at radius 2 is 1.67 bits per heavy atom. The summed E-state index contributed by atoms with van der Waals surface area (Å²) in [6, 6.07) is 23.9. The molecule has 1 aliphatic heterocycles. The molecule has 36 heavy (non-hydrogen) atoms. The van der Waals surface area contributed by atoms with Gasteiger partial charge in [0.15, 0.2) is 0 Å². The molecule has 0 N–H and O–H groups in total. The summed E-state index contributed by atoms with van der Waals surface area (Å²) < 4.78 is 15.9. The molecule has 1 atom stereocenters. The van der Waals surface area contributed by atoms with Crippen LogP contribution in [-0.2, 0) is 4.79 Å². The number of carbonyl (C=O) groups excluding carboxylic acids is 2. The van der Waals surface area contributed by atoms with Crippen LogP contribution in [0.4, 0.5) is 10.1 Å². The Balaban J connectivity index is 1.57. The first-order valence-electron chi connectivity index (χ1n) is 11.8. The SMILES string of the molecule is CC(C)N(CC(=O)N1c2ccccc2-n2cccc2C1c1ccc(Cl)cc1)C(=O)c1cccc(F)c1. The highest BCUT2D eigenvalue weighted by atomic mass is 35.5. The summed E-state index contributed by atoms with van der Waals surface area (Å²) in [5.74, 6) is -1.13. The molecule has 2 amide bonds. The molecule has 0 bridgehead atoms. The fraction of sp³-hybridized carbons (Fsp3) is 0.172. The van der Waals surface area contributed by atoms with Crippen LogP contribution in [0.1, 0.15) is 41.5 Å². The summed E-state index contributed by atoms with van der Waals surface area (Å²) in [7, 11) is 0. The van der Waals surface area contributed by atoms with Gasteiger partial charge in [-0.1, -0.05) is 41.9 Å². The number of fused-ring (bicyclic) bond motifs is 3. The maximum absolute atomic E-state index is 14.1. The van der Waals surface area contributed by atoms with Crippen molar-refractivity contribution in [2.24, 2.45) is 0 Å². The highest BCUT2D eigenvalue weighted by Gasteiger charge is 2.37. The average molecular weight is 502 g/mol. The number of halogens is 2. The van der Waals surface area contributed by atoms with E-state index in [1.807, 2.05) is 68.6 Å². The maximum Gasteiger partial charge on any atom is 0.254 e. The van der Waals surface area contributed by atoms with Crippen LogP contribution >= 0.6 is 11.6 Å². The van der Waals surface area contributed by atoms with Crippen LogP contribution in [0.2, 0.25) is 5.02 Å². The second kappa shape index (κ2) is 9.63. The Morgan fingerprint density at radius 3 is 2.36 bits per heavy atom. The molecule has 0 radical (unpaired) electrons. The molecule has 4 aromatic rings. The smallest absolute Gasteiger partial charge is 0.254 e. The number of amides is 2. The topological polar surface area (TPSA) is 45.6 Å². The highest BCUT2D eigenvalue weighted by molar-refractivity contribution is 6.30.